The number of nitrogens with one attached hydrogen (secondary N) is 2. The molecular formula is C28H33ClN6O2S2. The Morgan fingerprint density at radius 3 is 2.62 bits per heavy atom. The summed E-state index contributed by atoms with van der Waals surface area (Å²) >= 11 is 8.08. The van der Waals surface area contributed by atoms with E-state index in [0.29, 0.717) is 16.7 Å². The van der Waals surface area contributed by atoms with Crippen LogP contribution in [-0.2, 0) is 22.3 Å². The molecule has 1 saturated heterocycles. The fourth-order valence-electron chi connectivity index (χ4n) is 4.54. The molecule has 11 heteroatoms. The number of aromatic nitrogens is 2. The molecule has 8 nitrogen and oxygen atoms in total. The van der Waals surface area contributed by atoms with Crippen LogP contribution in [0.3, 0.4) is 0 Å². The minimum absolute atomic E-state index is 0.0440. The van der Waals surface area contributed by atoms with Gasteiger partial charge >= 0.3 is 0 Å². The lowest BCUT2D eigenvalue weighted by Gasteiger charge is -2.32. The van der Waals surface area contributed by atoms with Gasteiger partial charge in [-0.3, -0.25) is 0 Å². The molecule has 4 aromatic rings. The molecular weight excluding hydrogens is 552 g/mol. The van der Waals surface area contributed by atoms with Gasteiger partial charge in [0.05, 0.1) is 21.8 Å². The van der Waals surface area contributed by atoms with Crippen molar-refractivity contribution in [3.63, 3.8) is 0 Å². The number of fused-ring (bicyclic) bond motifs is 1. The van der Waals surface area contributed by atoms with Gasteiger partial charge in [-0.15, -0.1) is 11.3 Å². The number of likely N-dealkylation sites (N-methyl/N-ethyl adjacent to an activating group) is 1. The van der Waals surface area contributed by atoms with Crippen molar-refractivity contribution in [2.24, 2.45) is 0 Å². The summed E-state index contributed by atoms with van der Waals surface area (Å²) in [5.41, 5.74) is 2.34. The van der Waals surface area contributed by atoms with Crippen LogP contribution in [0.4, 0.5) is 5.95 Å². The van der Waals surface area contributed by atoms with Gasteiger partial charge < -0.3 is 15.1 Å². The molecule has 1 aliphatic rings. The maximum Gasteiger partial charge on any atom is 0.223 e. The zero-order valence-corrected chi connectivity index (χ0v) is 24.3. The van der Waals surface area contributed by atoms with Crippen molar-refractivity contribution in [1.29, 1.82) is 0 Å². The normalized spacial score (nSPS) is 15.1. The Morgan fingerprint density at radius 2 is 1.82 bits per heavy atom. The lowest BCUT2D eigenvalue weighted by Crippen LogP contribution is -2.44. The Labute approximate surface area is 239 Å². The summed E-state index contributed by atoms with van der Waals surface area (Å²) in [5.74, 6) is 0.524. The van der Waals surface area contributed by atoms with E-state index in [2.05, 4.69) is 37.9 Å². The molecule has 2 N–H and O–H groups in total. The second-order valence-electron chi connectivity index (χ2n) is 9.86. The lowest BCUT2D eigenvalue weighted by atomic mass is 10.1. The number of sulfonamides is 1. The first kappa shape index (κ1) is 27.9. The van der Waals surface area contributed by atoms with Crippen LogP contribution in [0.15, 0.2) is 60.8 Å². The summed E-state index contributed by atoms with van der Waals surface area (Å²) in [5, 5.41) is 4.90. The van der Waals surface area contributed by atoms with Crippen LogP contribution in [0.25, 0.3) is 20.7 Å². The zero-order valence-electron chi connectivity index (χ0n) is 21.9. The van der Waals surface area contributed by atoms with E-state index in [-0.39, 0.29) is 12.3 Å². The van der Waals surface area contributed by atoms with Crippen LogP contribution in [0, 0.1) is 0 Å². The molecule has 0 saturated carbocycles. The predicted molar refractivity (Wildman–Crippen MR) is 161 cm³/mol. The maximum atomic E-state index is 12.5. The molecule has 3 heterocycles. The Kier molecular flexibility index (Phi) is 9.11. The molecule has 1 fully saturated rings. The number of rotatable bonds is 11. The first-order valence-corrected chi connectivity index (χ1v) is 15.9. The molecule has 206 valence electrons. The van der Waals surface area contributed by atoms with E-state index in [1.54, 1.807) is 17.5 Å². The molecule has 1 aliphatic heterocycles. The van der Waals surface area contributed by atoms with E-state index in [1.165, 1.54) is 0 Å². The number of nitrogens with zero attached hydrogens (tertiary/aromatic N) is 4. The minimum Gasteiger partial charge on any atom is -0.354 e. The highest BCUT2D eigenvalue weighted by molar-refractivity contribution is 7.88. The predicted octanol–water partition coefficient (Wildman–Crippen LogP) is 4.68. The summed E-state index contributed by atoms with van der Waals surface area (Å²) in [6.45, 7) is 6.56. The molecule has 0 atom stereocenters. The van der Waals surface area contributed by atoms with Crippen LogP contribution in [0.2, 0.25) is 5.02 Å². The Bertz CT molecular complexity index is 1510. The molecule has 39 heavy (non-hydrogen) atoms. The van der Waals surface area contributed by atoms with E-state index in [0.717, 1.165) is 71.8 Å². The monoisotopic (exact) mass is 584 g/mol. The minimum atomic E-state index is -3.45. The molecule has 5 rings (SSSR count). The van der Waals surface area contributed by atoms with Crippen molar-refractivity contribution in [2.75, 3.05) is 51.6 Å². The number of piperazine rings is 1. The third-order valence-electron chi connectivity index (χ3n) is 6.79. The van der Waals surface area contributed by atoms with Gasteiger partial charge in [0.15, 0.2) is 0 Å². The molecule has 0 bridgehead atoms. The van der Waals surface area contributed by atoms with E-state index < -0.39 is 10.0 Å². The van der Waals surface area contributed by atoms with Gasteiger partial charge in [0.1, 0.15) is 5.69 Å². The molecule has 0 spiro atoms. The summed E-state index contributed by atoms with van der Waals surface area (Å²) in [4.78, 5) is 14.9. The lowest BCUT2D eigenvalue weighted by molar-refractivity contribution is 0.154. The standard InChI is InChI=1S/C28H33ClN6O2S2/c1-34-12-14-35(15-13-34)11-5-10-30-28-31-19-24(29)27(33-28)26-17-23-9-8-22(16-25(23)38-26)18-32-39(36,37)20-21-6-3-2-4-7-21/h2-4,6-9,16-17,19,32H,5,10-15,18,20H2,1H3,(H,30,31,33). The van der Waals surface area contributed by atoms with Crippen LogP contribution in [0.1, 0.15) is 17.5 Å². The Hall–Kier alpha value is -2.60. The summed E-state index contributed by atoms with van der Waals surface area (Å²) in [6.07, 6.45) is 2.66. The third kappa shape index (κ3) is 7.75. The number of hydrogen-bond acceptors (Lipinski definition) is 8. The summed E-state index contributed by atoms with van der Waals surface area (Å²) in [7, 11) is -1.28. The van der Waals surface area contributed by atoms with Gasteiger partial charge in [-0.1, -0.05) is 54.1 Å². The van der Waals surface area contributed by atoms with Crippen molar-refractivity contribution in [3.05, 3.63) is 76.9 Å². The SMILES string of the molecule is CN1CCN(CCCNc2ncc(Cl)c(-c3cc4ccc(CNS(=O)(=O)Cc5ccccc5)cc4s3)n2)CC1. The Balaban J connectivity index is 1.20. The van der Waals surface area contributed by atoms with Crippen LogP contribution in [0.5, 0.6) is 0 Å². The van der Waals surface area contributed by atoms with E-state index in [9.17, 15) is 8.42 Å². The fourth-order valence-corrected chi connectivity index (χ4v) is 7.04. The molecule has 2 aromatic carbocycles. The van der Waals surface area contributed by atoms with Gasteiger partial charge in [0.25, 0.3) is 0 Å². The van der Waals surface area contributed by atoms with Gasteiger partial charge in [0.2, 0.25) is 16.0 Å². The first-order valence-electron chi connectivity index (χ1n) is 13.1. The number of anilines is 1. The molecule has 2 aromatic heterocycles. The van der Waals surface area contributed by atoms with Crippen molar-refractivity contribution in [3.8, 4) is 10.6 Å². The van der Waals surface area contributed by atoms with Gasteiger partial charge in [0, 0.05) is 44.0 Å². The average Bonchev–Trinajstić information content (AvgIpc) is 3.35. The number of hydrogen-bond donors (Lipinski definition) is 2. The summed E-state index contributed by atoms with van der Waals surface area (Å²) < 4.78 is 28.8. The number of benzene rings is 2. The van der Waals surface area contributed by atoms with Crippen molar-refractivity contribution < 1.29 is 8.42 Å². The number of halogens is 1. The quantitative estimate of drug-likeness (QED) is 0.247. The van der Waals surface area contributed by atoms with Gasteiger partial charge in [-0.25, -0.2) is 23.1 Å². The van der Waals surface area contributed by atoms with Gasteiger partial charge in [-0.2, -0.15) is 0 Å². The van der Waals surface area contributed by atoms with Crippen LogP contribution < -0.4 is 10.0 Å². The maximum absolute atomic E-state index is 12.5. The highest BCUT2D eigenvalue weighted by atomic mass is 35.5. The average molecular weight is 585 g/mol. The van der Waals surface area contributed by atoms with E-state index in [4.69, 9.17) is 16.6 Å². The van der Waals surface area contributed by atoms with Crippen molar-refractivity contribution in [1.82, 2.24) is 24.5 Å². The third-order valence-corrected chi connectivity index (χ3v) is 9.47. The van der Waals surface area contributed by atoms with E-state index >= 15 is 0 Å². The smallest absolute Gasteiger partial charge is 0.223 e. The second-order valence-corrected chi connectivity index (χ2v) is 13.2. The van der Waals surface area contributed by atoms with Crippen molar-refractivity contribution >= 4 is 49.0 Å². The summed E-state index contributed by atoms with van der Waals surface area (Å²) in [6, 6.07) is 17.2. The van der Waals surface area contributed by atoms with Crippen molar-refractivity contribution in [2.45, 2.75) is 18.7 Å². The molecule has 0 amide bonds. The fraction of sp³-hybridized carbons (Fsp3) is 0.357. The highest BCUT2D eigenvalue weighted by Gasteiger charge is 2.15. The molecule has 0 aliphatic carbocycles. The largest absolute Gasteiger partial charge is 0.354 e. The highest BCUT2D eigenvalue weighted by Crippen LogP contribution is 2.36. The zero-order chi connectivity index (χ0) is 27.2. The topological polar surface area (TPSA) is 90.5 Å². The van der Waals surface area contributed by atoms with E-state index in [1.807, 2.05) is 48.5 Å². The molecule has 0 unspecified atom stereocenters. The molecule has 0 radical (unpaired) electrons. The first-order chi connectivity index (χ1) is 18.8. The Morgan fingerprint density at radius 1 is 1.03 bits per heavy atom. The number of thiophene rings is 1. The van der Waals surface area contributed by atoms with Crippen LogP contribution in [-0.4, -0.2) is 74.5 Å². The second kappa shape index (κ2) is 12.7. The van der Waals surface area contributed by atoms with Gasteiger partial charge in [-0.05, 0) is 48.7 Å². The van der Waals surface area contributed by atoms with Crippen LogP contribution >= 0.6 is 22.9 Å².